The van der Waals surface area contributed by atoms with Crippen LogP contribution in [0.25, 0.3) is 0 Å². The van der Waals surface area contributed by atoms with Gasteiger partial charge in [0, 0.05) is 30.7 Å². The molecule has 98 valence electrons. The van der Waals surface area contributed by atoms with E-state index in [0.717, 1.165) is 6.20 Å². The van der Waals surface area contributed by atoms with Gasteiger partial charge < -0.3 is 9.67 Å². The number of carbonyl (C=O) groups is 1. The number of aryl methyl sites for hydroxylation is 1. The van der Waals surface area contributed by atoms with Crippen LogP contribution in [-0.4, -0.2) is 20.6 Å². The summed E-state index contributed by atoms with van der Waals surface area (Å²) in [6.07, 6.45) is 3.83. The van der Waals surface area contributed by atoms with E-state index in [0.29, 0.717) is 11.3 Å². The number of carboxylic acids is 1. The van der Waals surface area contributed by atoms with Gasteiger partial charge in [-0.3, -0.25) is 9.78 Å². The Kier molecular flexibility index (Phi) is 3.41. The lowest BCUT2D eigenvalue weighted by Crippen LogP contribution is -2.19. The summed E-state index contributed by atoms with van der Waals surface area (Å²) in [6, 6.07) is 2.56. The monoisotopic (exact) mass is 262 g/mol. The molecule has 0 fully saturated rings. The second-order valence-corrected chi connectivity index (χ2v) is 4.14. The normalized spacial score (nSPS) is 10.4. The summed E-state index contributed by atoms with van der Waals surface area (Å²) in [5.74, 6) is -1.74. The minimum absolute atomic E-state index is 0.247. The van der Waals surface area contributed by atoms with Crippen LogP contribution in [0, 0.1) is 12.7 Å². The standard InChI is InChI=1S/C13H11FN2O3/c1-8-2-12(17)11(13(18)19)7-16(8)6-9-3-10(14)5-15-4-9/h2-5,7H,6H2,1H3,(H,18,19). The number of carboxylic acid groups (broad SMARTS) is 1. The maximum absolute atomic E-state index is 13.0. The Morgan fingerprint density at radius 3 is 2.79 bits per heavy atom. The molecule has 0 aliphatic rings. The minimum atomic E-state index is -1.28. The summed E-state index contributed by atoms with van der Waals surface area (Å²) in [6.45, 7) is 1.93. The van der Waals surface area contributed by atoms with Gasteiger partial charge in [0.05, 0.1) is 6.20 Å². The lowest BCUT2D eigenvalue weighted by molar-refractivity contribution is 0.0694. The number of aromatic carboxylic acids is 1. The average Bonchev–Trinajstić information content (AvgIpc) is 2.32. The number of rotatable bonds is 3. The van der Waals surface area contributed by atoms with Gasteiger partial charge in [-0.15, -0.1) is 0 Å². The van der Waals surface area contributed by atoms with Gasteiger partial charge in [-0.1, -0.05) is 0 Å². The minimum Gasteiger partial charge on any atom is -0.477 e. The van der Waals surface area contributed by atoms with Crippen LogP contribution in [0.1, 0.15) is 21.6 Å². The van der Waals surface area contributed by atoms with Gasteiger partial charge >= 0.3 is 5.97 Å². The third-order valence-electron chi connectivity index (χ3n) is 2.69. The quantitative estimate of drug-likeness (QED) is 0.908. The highest BCUT2D eigenvalue weighted by Gasteiger charge is 2.11. The van der Waals surface area contributed by atoms with E-state index in [4.69, 9.17) is 5.11 Å². The molecule has 0 unspecified atom stereocenters. The van der Waals surface area contributed by atoms with Crippen molar-refractivity contribution >= 4 is 5.97 Å². The molecule has 5 nitrogen and oxygen atoms in total. The van der Waals surface area contributed by atoms with Crippen molar-refractivity contribution in [2.75, 3.05) is 0 Å². The fourth-order valence-corrected chi connectivity index (χ4v) is 1.74. The van der Waals surface area contributed by atoms with Crippen LogP contribution in [0.2, 0.25) is 0 Å². The van der Waals surface area contributed by atoms with E-state index in [2.05, 4.69) is 4.98 Å². The molecule has 0 saturated carbocycles. The predicted molar refractivity (Wildman–Crippen MR) is 65.7 cm³/mol. The van der Waals surface area contributed by atoms with Crippen molar-refractivity contribution < 1.29 is 14.3 Å². The van der Waals surface area contributed by atoms with Crippen LogP contribution in [0.4, 0.5) is 4.39 Å². The number of halogens is 1. The van der Waals surface area contributed by atoms with Crippen molar-refractivity contribution in [3.05, 3.63) is 63.6 Å². The van der Waals surface area contributed by atoms with Crippen molar-refractivity contribution in [1.29, 1.82) is 0 Å². The summed E-state index contributed by atoms with van der Waals surface area (Å²) < 4.78 is 14.6. The highest BCUT2D eigenvalue weighted by atomic mass is 19.1. The molecule has 0 atom stereocenters. The number of hydrogen-bond donors (Lipinski definition) is 1. The zero-order valence-electron chi connectivity index (χ0n) is 10.1. The molecule has 0 spiro atoms. The largest absolute Gasteiger partial charge is 0.477 e. The van der Waals surface area contributed by atoms with Gasteiger partial charge in [0.1, 0.15) is 11.4 Å². The molecule has 2 aromatic rings. The summed E-state index contributed by atoms with van der Waals surface area (Å²) in [4.78, 5) is 26.1. The highest BCUT2D eigenvalue weighted by Crippen LogP contribution is 2.07. The van der Waals surface area contributed by atoms with Gasteiger partial charge in [-0.25, -0.2) is 9.18 Å². The molecule has 1 N–H and O–H groups in total. The molecule has 0 bridgehead atoms. The van der Waals surface area contributed by atoms with Crippen LogP contribution >= 0.6 is 0 Å². The number of pyridine rings is 2. The SMILES string of the molecule is Cc1cc(=O)c(C(=O)O)cn1Cc1cncc(F)c1. The van der Waals surface area contributed by atoms with E-state index in [-0.39, 0.29) is 12.1 Å². The average molecular weight is 262 g/mol. The molecule has 0 aliphatic carbocycles. The second-order valence-electron chi connectivity index (χ2n) is 4.14. The molecule has 0 aliphatic heterocycles. The van der Waals surface area contributed by atoms with Gasteiger partial charge in [-0.05, 0) is 18.6 Å². The molecule has 0 saturated heterocycles. The van der Waals surface area contributed by atoms with Crippen molar-refractivity contribution in [2.45, 2.75) is 13.5 Å². The lowest BCUT2D eigenvalue weighted by Gasteiger charge is -2.11. The first-order valence-corrected chi connectivity index (χ1v) is 5.51. The Morgan fingerprint density at radius 1 is 1.42 bits per heavy atom. The molecule has 19 heavy (non-hydrogen) atoms. The topological polar surface area (TPSA) is 72.2 Å². The fourth-order valence-electron chi connectivity index (χ4n) is 1.74. The summed E-state index contributed by atoms with van der Waals surface area (Å²) in [5, 5.41) is 8.91. The highest BCUT2D eigenvalue weighted by molar-refractivity contribution is 5.87. The molecular weight excluding hydrogens is 251 g/mol. The van der Waals surface area contributed by atoms with Crippen molar-refractivity contribution in [3.63, 3.8) is 0 Å². The first kappa shape index (κ1) is 12.9. The summed E-state index contributed by atoms with van der Waals surface area (Å²) in [5.41, 5.74) is 0.330. The Morgan fingerprint density at radius 2 is 2.16 bits per heavy atom. The maximum atomic E-state index is 13.0. The van der Waals surface area contributed by atoms with Gasteiger partial charge in [0.15, 0.2) is 5.43 Å². The zero-order chi connectivity index (χ0) is 14.0. The van der Waals surface area contributed by atoms with E-state index in [9.17, 15) is 14.0 Å². The summed E-state index contributed by atoms with van der Waals surface area (Å²) >= 11 is 0. The number of hydrogen-bond acceptors (Lipinski definition) is 3. The molecular formula is C13H11FN2O3. The van der Waals surface area contributed by atoms with Crippen molar-refractivity contribution in [3.8, 4) is 0 Å². The predicted octanol–water partition coefficient (Wildman–Crippen LogP) is 1.44. The molecule has 0 radical (unpaired) electrons. The Bertz CT molecular complexity index is 695. The Hall–Kier alpha value is -2.50. The van der Waals surface area contributed by atoms with E-state index in [1.54, 1.807) is 11.5 Å². The van der Waals surface area contributed by atoms with Crippen LogP contribution < -0.4 is 5.43 Å². The zero-order valence-corrected chi connectivity index (χ0v) is 10.1. The van der Waals surface area contributed by atoms with Crippen LogP contribution in [-0.2, 0) is 6.54 Å². The van der Waals surface area contributed by atoms with Crippen molar-refractivity contribution in [1.82, 2.24) is 9.55 Å². The third kappa shape index (κ3) is 2.85. The van der Waals surface area contributed by atoms with Crippen LogP contribution in [0.5, 0.6) is 0 Å². The molecule has 2 heterocycles. The lowest BCUT2D eigenvalue weighted by atomic mass is 10.2. The van der Waals surface area contributed by atoms with E-state index < -0.39 is 17.2 Å². The number of nitrogens with zero attached hydrogens (tertiary/aromatic N) is 2. The van der Waals surface area contributed by atoms with E-state index in [1.807, 2.05) is 0 Å². The first-order chi connectivity index (χ1) is 8.97. The maximum Gasteiger partial charge on any atom is 0.341 e. The van der Waals surface area contributed by atoms with Gasteiger partial charge in [-0.2, -0.15) is 0 Å². The van der Waals surface area contributed by atoms with Crippen molar-refractivity contribution in [2.24, 2.45) is 0 Å². The fraction of sp³-hybridized carbons (Fsp3) is 0.154. The van der Waals surface area contributed by atoms with E-state index in [1.165, 1.54) is 24.5 Å². The second kappa shape index (κ2) is 5.01. The molecule has 2 rings (SSSR count). The smallest absolute Gasteiger partial charge is 0.341 e. The Balaban J connectivity index is 2.43. The number of aromatic nitrogens is 2. The molecule has 0 aromatic carbocycles. The third-order valence-corrected chi connectivity index (χ3v) is 2.69. The molecule has 0 amide bonds. The van der Waals surface area contributed by atoms with E-state index >= 15 is 0 Å². The van der Waals surface area contributed by atoms with Crippen LogP contribution in [0.3, 0.4) is 0 Å². The van der Waals surface area contributed by atoms with Gasteiger partial charge in [0.25, 0.3) is 0 Å². The van der Waals surface area contributed by atoms with Gasteiger partial charge in [0.2, 0.25) is 0 Å². The Labute approximate surface area is 108 Å². The molecule has 2 aromatic heterocycles. The first-order valence-electron chi connectivity index (χ1n) is 5.51. The van der Waals surface area contributed by atoms with Crippen LogP contribution in [0.15, 0.2) is 35.5 Å². The summed E-state index contributed by atoms with van der Waals surface area (Å²) in [7, 11) is 0. The molecule has 6 heteroatoms.